The number of furan rings is 1. The van der Waals surface area contributed by atoms with Crippen LogP contribution in [0.15, 0.2) is 52.5 Å². The molecule has 0 aliphatic carbocycles. The molecule has 1 aromatic carbocycles. The predicted molar refractivity (Wildman–Crippen MR) is 122 cm³/mol. The molecule has 2 aromatic heterocycles. The first-order valence-electron chi connectivity index (χ1n) is 10.2. The Bertz CT molecular complexity index is 1210. The van der Waals surface area contributed by atoms with Gasteiger partial charge in [-0.2, -0.15) is 5.10 Å². The highest BCUT2D eigenvalue weighted by molar-refractivity contribution is 6.32. The van der Waals surface area contributed by atoms with Gasteiger partial charge < -0.3 is 29.4 Å². The third-order valence-corrected chi connectivity index (χ3v) is 5.29. The Labute approximate surface area is 199 Å². The number of halogens is 1. The zero-order valence-corrected chi connectivity index (χ0v) is 19.2. The molecule has 0 spiro atoms. The van der Waals surface area contributed by atoms with Crippen LogP contribution in [0.4, 0.5) is 5.69 Å². The lowest BCUT2D eigenvalue weighted by molar-refractivity contribution is -0.125. The van der Waals surface area contributed by atoms with E-state index in [0.717, 1.165) is 0 Å². The van der Waals surface area contributed by atoms with Crippen LogP contribution in [-0.4, -0.2) is 47.6 Å². The minimum atomic E-state index is -0.847. The van der Waals surface area contributed by atoms with Gasteiger partial charge in [0.25, 0.3) is 5.91 Å². The Kier molecular flexibility index (Phi) is 7.02. The SMILES string of the molecule is COc1cc(OC)c(C2=NO[C@@H](C(=O)Nc3cnn(CC(=O)NCc4ccco4)c3)C2)cc1Cl. The molecule has 178 valence electrons. The Balaban J connectivity index is 1.31. The standard InChI is InChI=1S/C22H22ClN5O6/c1-31-18-8-19(32-2)16(23)6-15(18)17-7-20(34-27-17)22(30)26-13-9-25-28(11-13)12-21(29)24-10-14-4-3-5-33-14/h3-6,8-9,11,20H,7,10,12H2,1-2H3,(H,24,29)(H,26,30)/t20-/m1/s1. The van der Waals surface area contributed by atoms with E-state index < -0.39 is 12.0 Å². The summed E-state index contributed by atoms with van der Waals surface area (Å²) in [6, 6.07) is 6.81. The average Bonchev–Trinajstić information content (AvgIpc) is 3.60. The number of carbonyl (C=O) groups is 2. The van der Waals surface area contributed by atoms with Gasteiger partial charge >= 0.3 is 0 Å². The molecule has 11 nitrogen and oxygen atoms in total. The molecule has 0 saturated heterocycles. The van der Waals surface area contributed by atoms with Gasteiger partial charge in [0.15, 0.2) is 0 Å². The molecule has 1 atom stereocenters. The molecule has 0 fully saturated rings. The molecular formula is C22H22ClN5O6. The summed E-state index contributed by atoms with van der Waals surface area (Å²) in [6.45, 7) is 0.268. The number of oxime groups is 1. The number of anilines is 1. The minimum Gasteiger partial charge on any atom is -0.496 e. The smallest absolute Gasteiger partial charge is 0.268 e. The Morgan fingerprint density at radius 2 is 2.09 bits per heavy atom. The van der Waals surface area contributed by atoms with Crippen LogP contribution in [0.2, 0.25) is 5.02 Å². The Morgan fingerprint density at radius 3 is 2.82 bits per heavy atom. The molecule has 1 aliphatic rings. The van der Waals surface area contributed by atoms with Crippen molar-refractivity contribution in [2.75, 3.05) is 19.5 Å². The fourth-order valence-corrected chi connectivity index (χ4v) is 3.54. The van der Waals surface area contributed by atoms with E-state index in [1.165, 1.54) is 31.4 Å². The van der Waals surface area contributed by atoms with E-state index in [1.54, 1.807) is 30.5 Å². The molecule has 2 amide bonds. The number of rotatable bonds is 9. The van der Waals surface area contributed by atoms with Crippen molar-refractivity contribution in [3.63, 3.8) is 0 Å². The van der Waals surface area contributed by atoms with Gasteiger partial charge in [-0.3, -0.25) is 14.3 Å². The third-order valence-electron chi connectivity index (χ3n) is 4.99. The summed E-state index contributed by atoms with van der Waals surface area (Å²) >= 11 is 6.23. The van der Waals surface area contributed by atoms with E-state index in [4.69, 9.17) is 30.3 Å². The summed E-state index contributed by atoms with van der Waals surface area (Å²) in [4.78, 5) is 30.1. The van der Waals surface area contributed by atoms with E-state index in [1.807, 2.05) is 0 Å². The van der Waals surface area contributed by atoms with Crippen LogP contribution in [0.1, 0.15) is 17.7 Å². The number of carbonyl (C=O) groups excluding carboxylic acids is 2. The van der Waals surface area contributed by atoms with Crippen molar-refractivity contribution in [3.05, 3.63) is 59.3 Å². The third kappa shape index (κ3) is 5.31. The molecule has 2 N–H and O–H groups in total. The monoisotopic (exact) mass is 487 g/mol. The normalized spacial score (nSPS) is 14.8. The summed E-state index contributed by atoms with van der Waals surface area (Å²) < 4.78 is 17.2. The molecule has 34 heavy (non-hydrogen) atoms. The maximum atomic E-state index is 12.7. The predicted octanol–water partition coefficient (Wildman–Crippen LogP) is 2.59. The summed E-state index contributed by atoms with van der Waals surface area (Å²) in [7, 11) is 3.02. The minimum absolute atomic E-state index is 0.0121. The molecule has 12 heteroatoms. The van der Waals surface area contributed by atoms with E-state index in [9.17, 15) is 9.59 Å². The van der Waals surface area contributed by atoms with E-state index in [2.05, 4.69) is 20.9 Å². The van der Waals surface area contributed by atoms with E-state index in [-0.39, 0.29) is 25.4 Å². The van der Waals surface area contributed by atoms with Crippen molar-refractivity contribution in [2.45, 2.75) is 25.6 Å². The van der Waals surface area contributed by atoms with Gasteiger partial charge in [0.05, 0.1) is 49.6 Å². The number of hydrogen-bond acceptors (Lipinski definition) is 8. The lowest BCUT2D eigenvalue weighted by Gasteiger charge is -2.11. The number of hydrogen-bond donors (Lipinski definition) is 2. The topological polar surface area (TPSA) is 129 Å². The van der Waals surface area contributed by atoms with Gasteiger partial charge in [0.1, 0.15) is 23.8 Å². The van der Waals surface area contributed by atoms with Gasteiger partial charge in [-0.1, -0.05) is 16.8 Å². The van der Waals surface area contributed by atoms with Crippen molar-refractivity contribution >= 4 is 34.8 Å². The highest BCUT2D eigenvalue weighted by atomic mass is 35.5. The van der Waals surface area contributed by atoms with Crippen LogP contribution in [-0.2, 0) is 27.5 Å². The van der Waals surface area contributed by atoms with Gasteiger partial charge in [0.2, 0.25) is 12.0 Å². The molecule has 0 radical (unpaired) electrons. The van der Waals surface area contributed by atoms with Crippen molar-refractivity contribution in [1.82, 2.24) is 15.1 Å². The first-order chi connectivity index (χ1) is 16.5. The zero-order chi connectivity index (χ0) is 24.1. The van der Waals surface area contributed by atoms with Gasteiger partial charge in [-0.05, 0) is 18.2 Å². The maximum absolute atomic E-state index is 12.7. The molecule has 4 rings (SSSR count). The van der Waals surface area contributed by atoms with E-state index in [0.29, 0.717) is 39.2 Å². The lowest BCUT2D eigenvalue weighted by atomic mass is 10.0. The highest BCUT2D eigenvalue weighted by Crippen LogP contribution is 2.34. The Hall–Kier alpha value is -3.99. The molecule has 1 aliphatic heterocycles. The quantitative estimate of drug-likeness (QED) is 0.474. The number of ether oxygens (including phenoxy) is 2. The van der Waals surface area contributed by atoms with Gasteiger partial charge in [0, 0.05) is 24.2 Å². The van der Waals surface area contributed by atoms with Crippen molar-refractivity contribution in [1.29, 1.82) is 0 Å². The first-order valence-corrected chi connectivity index (χ1v) is 10.6. The fourth-order valence-electron chi connectivity index (χ4n) is 3.30. The van der Waals surface area contributed by atoms with Crippen molar-refractivity contribution in [2.24, 2.45) is 5.16 Å². The van der Waals surface area contributed by atoms with E-state index >= 15 is 0 Å². The second kappa shape index (κ2) is 10.3. The van der Waals surface area contributed by atoms with Gasteiger partial charge in [-0.25, -0.2) is 0 Å². The zero-order valence-electron chi connectivity index (χ0n) is 18.4. The number of nitrogens with zero attached hydrogens (tertiary/aromatic N) is 3. The van der Waals surface area contributed by atoms with Crippen molar-refractivity contribution < 1.29 is 28.3 Å². The van der Waals surface area contributed by atoms with Crippen LogP contribution in [0.5, 0.6) is 11.5 Å². The van der Waals surface area contributed by atoms with Crippen LogP contribution < -0.4 is 20.1 Å². The van der Waals surface area contributed by atoms with Crippen LogP contribution in [0, 0.1) is 0 Å². The fraction of sp³-hybridized carbons (Fsp3) is 0.273. The first kappa shape index (κ1) is 23.2. The second-order valence-corrected chi connectivity index (χ2v) is 7.70. The largest absolute Gasteiger partial charge is 0.496 e. The van der Waals surface area contributed by atoms with Crippen LogP contribution in [0.3, 0.4) is 0 Å². The lowest BCUT2D eigenvalue weighted by Crippen LogP contribution is -2.28. The van der Waals surface area contributed by atoms with Crippen molar-refractivity contribution in [3.8, 4) is 11.5 Å². The number of amides is 2. The summed E-state index contributed by atoms with van der Waals surface area (Å²) in [6.07, 6.45) is 3.90. The number of aromatic nitrogens is 2. The molecule has 3 aromatic rings. The number of nitrogens with one attached hydrogen (secondary N) is 2. The molecule has 0 unspecified atom stereocenters. The summed E-state index contributed by atoms with van der Waals surface area (Å²) in [5.41, 5.74) is 1.55. The molecule has 3 heterocycles. The highest BCUT2D eigenvalue weighted by Gasteiger charge is 2.31. The second-order valence-electron chi connectivity index (χ2n) is 7.30. The van der Waals surface area contributed by atoms with Crippen LogP contribution >= 0.6 is 11.6 Å². The van der Waals surface area contributed by atoms with Gasteiger partial charge in [-0.15, -0.1) is 0 Å². The maximum Gasteiger partial charge on any atom is 0.268 e. The van der Waals surface area contributed by atoms with Crippen LogP contribution in [0.25, 0.3) is 0 Å². The summed E-state index contributed by atoms with van der Waals surface area (Å²) in [5, 5.41) is 14.0. The molecule has 0 bridgehead atoms. The summed E-state index contributed by atoms with van der Waals surface area (Å²) in [5.74, 6) is 0.953. The molecular weight excluding hydrogens is 466 g/mol. The average molecular weight is 488 g/mol. The number of methoxy groups -OCH3 is 2. The number of benzene rings is 1. The molecule has 0 saturated carbocycles. The Morgan fingerprint density at radius 1 is 1.26 bits per heavy atom.